The lowest BCUT2D eigenvalue weighted by Crippen LogP contribution is -2.30. The summed E-state index contributed by atoms with van der Waals surface area (Å²) in [7, 11) is 0. The van der Waals surface area contributed by atoms with Crippen molar-refractivity contribution in [3.05, 3.63) is 95.8 Å². The van der Waals surface area contributed by atoms with E-state index in [0.29, 0.717) is 40.9 Å². The van der Waals surface area contributed by atoms with Crippen molar-refractivity contribution in [2.24, 2.45) is 0 Å². The zero-order chi connectivity index (χ0) is 33.0. The maximum absolute atomic E-state index is 13.8. The van der Waals surface area contributed by atoms with E-state index in [-0.39, 0.29) is 23.5 Å². The minimum absolute atomic E-state index is 0.0789. The first-order valence-corrected chi connectivity index (χ1v) is 15.7. The molecule has 0 aliphatic carbocycles. The zero-order valence-corrected chi connectivity index (χ0v) is 26.7. The van der Waals surface area contributed by atoms with Gasteiger partial charge in [-0.05, 0) is 80.3 Å². The minimum atomic E-state index is -0.622. The van der Waals surface area contributed by atoms with Crippen LogP contribution < -0.4 is 15.5 Å². The molecule has 1 atom stereocenters. The number of rotatable bonds is 5. The average molecular weight is 650 g/mol. The molecule has 47 heavy (non-hydrogen) atoms. The van der Waals surface area contributed by atoms with Gasteiger partial charge < -0.3 is 30.0 Å². The Hall–Kier alpha value is -5.48. The van der Waals surface area contributed by atoms with E-state index >= 15 is 0 Å². The van der Waals surface area contributed by atoms with Crippen molar-refractivity contribution in [1.29, 1.82) is 0 Å². The number of alkyl halides is 1. The summed E-state index contributed by atoms with van der Waals surface area (Å²) < 4.78 is 5.32. The highest BCUT2D eigenvalue weighted by Crippen LogP contribution is 2.45. The second kappa shape index (κ2) is 11.4. The molecule has 10 nitrogen and oxygen atoms in total. The number of aromatic nitrogens is 2. The number of aromatic hydroxyl groups is 1. The summed E-state index contributed by atoms with van der Waals surface area (Å²) in [6.45, 7) is 5.76. The van der Waals surface area contributed by atoms with Crippen molar-refractivity contribution in [3.8, 4) is 5.75 Å². The van der Waals surface area contributed by atoms with Gasteiger partial charge in [-0.1, -0.05) is 24.3 Å². The zero-order valence-electron chi connectivity index (χ0n) is 25.9. The third-order valence-corrected chi connectivity index (χ3v) is 8.57. The molecule has 0 saturated carbocycles. The van der Waals surface area contributed by atoms with Gasteiger partial charge in [-0.2, -0.15) is 0 Å². The number of carbonyl (C=O) groups is 3. The van der Waals surface area contributed by atoms with Crippen LogP contribution in [0.3, 0.4) is 0 Å². The molecule has 5 N–H and O–H groups in total. The Kier molecular flexibility index (Phi) is 7.32. The molecule has 1 aliphatic rings. The molecule has 11 heteroatoms. The van der Waals surface area contributed by atoms with Crippen LogP contribution in [0.2, 0.25) is 0 Å². The lowest BCUT2D eigenvalue weighted by Gasteiger charge is -2.19. The third kappa shape index (κ3) is 5.72. The van der Waals surface area contributed by atoms with Gasteiger partial charge in [0.1, 0.15) is 22.7 Å². The number of fused-ring (bicyclic) bond motifs is 5. The Morgan fingerprint density at radius 3 is 2.15 bits per heavy atom. The van der Waals surface area contributed by atoms with E-state index in [1.807, 2.05) is 24.3 Å². The molecule has 6 aromatic rings. The van der Waals surface area contributed by atoms with Crippen LogP contribution in [0, 0.1) is 0 Å². The van der Waals surface area contributed by atoms with Gasteiger partial charge in [0.25, 0.3) is 11.8 Å². The molecule has 0 bridgehead atoms. The summed E-state index contributed by atoms with van der Waals surface area (Å²) in [6.07, 6.45) is -0.562. The summed E-state index contributed by atoms with van der Waals surface area (Å²) in [5.41, 5.74) is 4.26. The second-order valence-electron chi connectivity index (χ2n) is 12.7. The number of amides is 3. The molecule has 0 radical (unpaired) electrons. The Balaban J connectivity index is 1.10. The fraction of sp³-hybridized carbons (Fsp3) is 0.194. The predicted octanol–water partition coefficient (Wildman–Crippen LogP) is 8.09. The van der Waals surface area contributed by atoms with Crippen LogP contribution in [0.5, 0.6) is 5.75 Å². The van der Waals surface area contributed by atoms with Crippen LogP contribution >= 0.6 is 11.6 Å². The van der Waals surface area contributed by atoms with Crippen molar-refractivity contribution in [2.45, 2.75) is 32.3 Å². The van der Waals surface area contributed by atoms with Gasteiger partial charge in [-0.15, -0.1) is 11.6 Å². The number of nitrogens with zero attached hydrogens (tertiary/aromatic N) is 1. The highest BCUT2D eigenvalue weighted by Gasteiger charge is 2.35. The summed E-state index contributed by atoms with van der Waals surface area (Å²) in [6, 6.07) is 23.3. The van der Waals surface area contributed by atoms with E-state index in [1.165, 1.54) is 0 Å². The predicted molar refractivity (Wildman–Crippen MR) is 185 cm³/mol. The fourth-order valence-electron chi connectivity index (χ4n) is 6.17. The fourth-order valence-corrected chi connectivity index (χ4v) is 6.42. The van der Waals surface area contributed by atoms with Crippen molar-refractivity contribution < 1.29 is 24.2 Å². The van der Waals surface area contributed by atoms with Crippen LogP contribution in [-0.2, 0) is 4.74 Å². The van der Waals surface area contributed by atoms with Crippen LogP contribution in [-0.4, -0.2) is 51.0 Å². The molecule has 4 aromatic carbocycles. The summed E-state index contributed by atoms with van der Waals surface area (Å²) in [5.74, 6) is -0.222. The number of benzene rings is 4. The number of halogens is 1. The Morgan fingerprint density at radius 1 is 0.872 bits per heavy atom. The number of H-pyrrole nitrogens is 2. The first kappa shape index (κ1) is 30.2. The average Bonchev–Trinajstić information content (AvgIpc) is 3.74. The van der Waals surface area contributed by atoms with Gasteiger partial charge >= 0.3 is 6.09 Å². The van der Waals surface area contributed by atoms with E-state index in [4.69, 9.17) is 16.3 Å². The number of anilines is 3. The van der Waals surface area contributed by atoms with Crippen molar-refractivity contribution >= 4 is 79.1 Å². The molecule has 3 amide bonds. The van der Waals surface area contributed by atoms with Crippen molar-refractivity contribution in [1.82, 2.24) is 9.97 Å². The smallest absolute Gasteiger partial charge is 0.412 e. The van der Waals surface area contributed by atoms with Gasteiger partial charge in [0, 0.05) is 63.0 Å². The van der Waals surface area contributed by atoms with E-state index in [2.05, 4.69) is 20.6 Å². The molecule has 7 rings (SSSR count). The Bertz CT molecular complexity index is 2230. The van der Waals surface area contributed by atoms with E-state index in [1.54, 1.807) is 80.3 Å². The molecule has 238 valence electrons. The second-order valence-corrected chi connectivity index (χ2v) is 13.0. The molecule has 2 aromatic heterocycles. The largest absolute Gasteiger partial charge is 0.507 e. The first-order valence-electron chi connectivity index (χ1n) is 15.2. The molecular formula is C36H32ClN5O5. The summed E-state index contributed by atoms with van der Waals surface area (Å²) in [4.78, 5) is 47.2. The normalized spacial score (nSPS) is 14.5. The number of phenolic OH excluding ortho intramolecular Hbond substituents is 1. The molecule has 0 unspecified atom stereocenters. The molecular weight excluding hydrogens is 618 g/mol. The number of ether oxygens (including phenoxy) is 1. The summed E-state index contributed by atoms with van der Waals surface area (Å²) in [5, 5.41) is 19.5. The van der Waals surface area contributed by atoms with Gasteiger partial charge in [0.05, 0.1) is 5.69 Å². The van der Waals surface area contributed by atoms with Gasteiger partial charge in [-0.25, -0.2) is 4.79 Å². The number of hydrogen-bond donors (Lipinski definition) is 5. The van der Waals surface area contributed by atoms with Crippen molar-refractivity contribution in [2.75, 3.05) is 28.0 Å². The third-order valence-electron chi connectivity index (χ3n) is 8.20. The van der Waals surface area contributed by atoms with Crippen molar-refractivity contribution in [3.63, 3.8) is 0 Å². The molecule has 0 fully saturated rings. The lowest BCUT2D eigenvalue weighted by atomic mass is 9.95. The van der Waals surface area contributed by atoms with Crippen LogP contribution in [0.15, 0.2) is 78.9 Å². The quantitative estimate of drug-likeness (QED) is 0.120. The topological polar surface area (TPSA) is 140 Å². The first-order chi connectivity index (χ1) is 22.5. The maximum atomic E-state index is 13.8. The molecule has 3 heterocycles. The molecule has 1 aliphatic heterocycles. The summed E-state index contributed by atoms with van der Waals surface area (Å²) >= 11 is 6.36. The van der Waals surface area contributed by atoms with E-state index in [9.17, 15) is 19.5 Å². The van der Waals surface area contributed by atoms with Gasteiger partial charge in [-0.3, -0.25) is 14.9 Å². The van der Waals surface area contributed by atoms with Crippen LogP contribution in [0.1, 0.15) is 53.2 Å². The molecule has 0 saturated heterocycles. The Morgan fingerprint density at radius 2 is 1.49 bits per heavy atom. The van der Waals surface area contributed by atoms with E-state index < -0.39 is 11.7 Å². The number of aromatic amines is 2. The maximum Gasteiger partial charge on any atom is 0.412 e. The van der Waals surface area contributed by atoms with Crippen LogP contribution in [0.25, 0.3) is 32.6 Å². The van der Waals surface area contributed by atoms with E-state index in [0.717, 1.165) is 38.1 Å². The number of phenols is 1. The highest BCUT2D eigenvalue weighted by atomic mass is 35.5. The van der Waals surface area contributed by atoms with Gasteiger partial charge in [0.15, 0.2) is 0 Å². The number of hydrogen-bond acceptors (Lipinski definition) is 5. The standard InChI is InChI=1S/C36H32ClN5O5/c1-36(2,3)47-35(46)39-23-9-11-26-19(13-23)14-28(40-26)33(44)38-22-8-10-27-20(12-22)15-29(41-27)34(45)42-18-21(17-37)32-25-7-5-4-6-24(25)31(43)16-30(32)42/h4-16,21,40-41,43H,17-18H2,1-3H3,(H,38,44)(H,39,46)/t21-/m1/s1. The van der Waals surface area contributed by atoms with Crippen LogP contribution in [0.4, 0.5) is 21.9 Å². The monoisotopic (exact) mass is 649 g/mol. The Labute approximate surface area is 274 Å². The highest BCUT2D eigenvalue weighted by molar-refractivity contribution is 6.19. The minimum Gasteiger partial charge on any atom is -0.507 e. The van der Waals surface area contributed by atoms with Gasteiger partial charge in [0.2, 0.25) is 0 Å². The number of nitrogens with one attached hydrogen (secondary N) is 4. The lowest BCUT2D eigenvalue weighted by molar-refractivity contribution is 0.0635. The number of carbonyl (C=O) groups excluding carboxylic acids is 3. The molecule has 0 spiro atoms. The SMILES string of the molecule is CC(C)(C)OC(=O)Nc1ccc2[nH]c(C(=O)Nc3ccc4[nH]c(C(=O)N5C[C@@H](CCl)c6c5cc(O)c5ccccc65)cc4c3)cc2c1.